The van der Waals surface area contributed by atoms with Crippen LogP contribution in [0.5, 0.6) is 0 Å². The fourth-order valence-electron chi connectivity index (χ4n) is 1.53. The van der Waals surface area contributed by atoms with Crippen LogP contribution in [0.4, 0.5) is 10.1 Å². The Morgan fingerprint density at radius 2 is 1.83 bits per heavy atom. The molecule has 2 rings (SSSR count). The largest absolute Gasteiger partial charge is 0.398 e. The lowest BCUT2D eigenvalue weighted by Crippen LogP contribution is -2.01. The molecule has 0 heterocycles. The summed E-state index contributed by atoms with van der Waals surface area (Å²) >= 11 is 3.39. The predicted molar refractivity (Wildman–Crippen MR) is 75.1 cm³/mol. The maximum Gasteiger partial charge on any atom is 0.123 e. The van der Waals surface area contributed by atoms with Gasteiger partial charge in [-0.2, -0.15) is 0 Å². The smallest absolute Gasteiger partial charge is 0.123 e. The molecule has 94 valence electrons. The molecule has 1 unspecified atom stereocenters. The van der Waals surface area contributed by atoms with E-state index in [1.165, 1.54) is 24.3 Å². The summed E-state index contributed by atoms with van der Waals surface area (Å²) in [6.45, 7) is 0. The van der Waals surface area contributed by atoms with Crippen LogP contribution in [0.15, 0.2) is 51.8 Å². The van der Waals surface area contributed by atoms with E-state index in [0.29, 0.717) is 16.3 Å². The van der Waals surface area contributed by atoms with Crippen molar-refractivity contribution in [3.63, 3.8) is 0 Å². The maximum atomic E-state index is 12.8. The summed E-state index contributed by atoms with van der Waals surface area (Å²) in [7, 11) is -1.24. The summed E-state index contributed by atoms with van der Waals surface area (Å²) in [6.07, 6.45) is 0. The van der Waals surface area contributed by atoms with Crippen LogP contribution in [0.1, 0.15) is 5.56 Å². The number of rotatable bonds is 3. The van der Waals surface area contributed by atoms with Gasteiger partial charge in [-0.3, -0.25) is 4.21 Å². The zero-order valence-electron chi connectivity index (χ0n) is 9.40. The van der Waals surface area contributed by atoms with Gasteiger partial charge < -0.3 is 5.73 Å². The minimum absolute atomic E-state index is 0.304. The number of halogens is 2. The molecule has 1 atom stereocenters. The Bertz CT molecular complexity index is 566. The van der Waals surface area contributed by atoms with Crippen molar-refractivity contribution in [2.45, 2.75) is 10.6 Å². The molecule has 0 amide bonds. The zero-order chi connectivity index (χ0) is 13.1. The summed E-state index contributed by atoms with van der Waals surface area (Å²) < 4.78 is 25.8. The molecule has 0 saturated carbocycles. The number of hydrogen-bond donors (Lipinski definition) is 1. The molecule has 2 N–H and O–H groups in total. The highest BCUT2D eigenvalue weighted by Crippen LogP contribution is 2.25. The van der Waals surface area contributed by atoms with Crippen molar-refractivity contribution in [1.82, 2.24) is 0 Å². The lowest BCUT2D eigenvalue weighted by molar-refractivity contribution is 0.626. The van der Waals surface area contributed by atoms with Crippen molar-refractivity contribution in [2.24, 2.45) is 0 Å². The lowest BCUT2D eigenvalue weighted by atomic mass is 10.2. The number of nitrogen functional groups attached to an aromatic ring is 1. The molecule has 2 aromatic rings. The van der Waals surface area contributed by atoms with Gasteiger partial charge in [0.15, 0.2) is 0 Å². The second-order valence-corrected chi connectivity index (χ2v) is 6.06. The van der Waals surface area contributed by atoms with Gasteiger partial charge in [-0.15, -0.1) is 0 Å². The second kappa shape index (κ2) is 5.63. The molecule has 0 bridgehead atoms. The Labute approximate surface area is 116 Å². The molecule has 0 aliphatic carbocycles. The van der Waals surface area contributed by atoms with E-state index in [1.54, 1.807) is 6.07 Å². The number of nitrogens with two attached hydrogens (primary N) is 1. The van der Waals surface area contributed by atoms with E-state index >= 15 is 0 Å². The molecule has 0 aliphatic heterocycles. The van der Waals surface area contributed by atoms with Gasteiger partial charge in [-0.1, -0.05) is 22.0 Å². The van der Waals surface area contributed by atoms with Gasteiger partial charge in [0.25, 0.3) is 0 Å². The van der Waals surface area contributed by atoms with E-state index < -0.39 is 10.8 Å². The monoisotopic (exact) mass is 327 g/mol. The first-order valence-corrected chi connectivity index (χ1v) is 7.36. The van der Waals surface area contributed by atoms with Crippen molar-refractivity contribution in [3.8, 4) is 0 Å². The lowest BCUT2D eigenvalue weighted by Gasteiger charge is -2.08. The summed E-state index contributed by atoms with van der Waals surface area (Å²) in [4.78, 5) is 0.589. The van der Waals surface area contributed by atoms with Crippen LogP contribution in [0, 0.1) is 5.82 Å². The predicted octanol–water partition coefficient (Wildman–Crippen LogP) is 3.48. The number of benzene rings is 2. The van der Waals surface area contributed by atoms with Crippen LogP contribution in [0.2, 0.25) is 0 Å². The first-order chi connectivity index (χ1) is 8.58. The molecule has 0 aliphatic rings. The van der Waals surface area contributed by atoms with Crippen LogP contribution < -0.4 is 5.73 Å². The molecule has 0 radical (unpaired) electrons. The summed E-state index contributed by atoms with van der Waals surface area (Å²) in [5, 5.41) is 0. The van der Waals surface area contributed by atoms with Crippen molar-refractivity contribution in [2.75, 3.05) is 5.73 Å². The van der Waals surface area contributed by atoms with Gasteiger partial charge in [-0.25, -0.2) is 4.39 Å². The standard InChI is InChI=1S/C13H11BrFNOS/c14-12-2-1-3-13(16)11(12)8-18(17)10-6-4-9(15)5-7-10/h1-7H,8,16H2. The highest BCUT2D eigenvalue weighted by molar-refractivity contribution is 9.10. The van der Waals surface area contributed by atoms with Gasteiger partial charge in [0.2, 0.25) is 0 Å². The van der Waals surface area contributed by atoms with E-state index in [0.717, 1.165) is 10.0 Å². The Kier molecular flexibility index (Phi) is 4.14. The van der Waals surface area contributed by atoms with Crippen LogP contribution in [-0.2, 0) is 16.6 Å². The summed E-state index contributed by atoms with van der Waals surface area (Å²) in [5.74, 6) is -0.0324. The second-order valence-electron chi connectivity index (χ2n) is 3.75. The van der Waals surface area contributed by atoms with Crippen LogP contribution in [0.25, 0.3) is 0 Å². The van der Waals surface area contributed by atoms with Gasteiger partial charge in [0.1, 0.15) is 5.82 Å². The Hall–Kier alpha value is -1.20. The molecule has 2 aromatic carbocycles. The molecule has 0 spiro atoms. The van der Waals surface area contributed by atoms with Crippen LogP contribution >= 0.6 is 15.9 Å². The van der Waals surface area contributed by atoms with Crippen LogP contribution in [-0.4, -0.2) is 4.21 Å². The average molecular weight is 328 g/mol. The Morgan fingerprint density at radius 3 is 2.44 bits per heavy atom. The highest BCUT2D eigenvalue weighted by atomic mass is 79.9. The Morgan fingerprint density at radius 1 is 1.17 bits per heavy atom. The third-order valence-corrected chi connectivity index (χ3v) is 4.60. The van der Waals surface area contributed by atoms with Crippen molar-refractivity contribution < 1.29 is 8.60 Å². The molecule has 5 heteroatoms. The van der Waals surface area contributed by atoms with Gasteiger partial charge in [-0.05, 0) is 36.4 Å². The summed E-state index contributed by atoms with van der Waals surface area (Å²) in [5.41, 5.74) is 7.25. The molecule has 0 fully saturated rings. The van der Waals surface area contributed by atoms with E-state index in [-0.39, 0.29) is 5.82 Å². The van der Waals surface area contributed by atoms with Gasteiger partial charge in [0, 0.05) is 20.6 Å². The first-order valence-electron chi connectivity index (χ1n) is 5.25. The molecule has 2 nitrogen and oxygen atoms in total. The van der Waals surface area contributed by atoms with Crippen LogP contribution in [0.3, 0.4) is 0 Å². The zero-order valence-corrected chi connectivity index (χ0v) is 11.8. The van der Waals surface area contributed by atoms with Crippen molar-refractivity contribution in [3.05, 3.63) is 58.3 Å². The molecule has 0 saturated heterocycles. The van der Waals surface area contributed by atoms with Crippen molar-refractivity contribution >= 4 is 32.4 Å². The van der Waals surface area contributed by atoms with Gasteiger partial charge in [0.05, 0.1) is 16.6 Å². The third kappa shape index (κ3) is 2.97. The number of anilines is 1. The van der Waals surface area contributed by atoms with Crippen molar-refractivity contribution in [1.29, 1.82) is 0 Å². The normalized spacial score (nSPS) is 12.3. The molecule has 0 aromatic heterocycles. The minimum Gasteiger partial charge on any atom is -0.398 e. The Balaban J connectivity index is 2.24. The minimum atomic E-state index is -1.24. The fraction of sp³-hybridized carbons (Fsp3) is 0.0769. The first kappa shape index (κ1) is 13.2. The SMILES string of the molecule is Nc1cccc(Br)c1CS(=O)c1ccc(F)cc1. The van der Waals surface area contributed by atoms with E-state index in [4.69, 9.17) is 5.73 Å². The molecular formula is C13H11BrFNOS. The number of hydrogen-bond acceptors (Lipinski definition) is 2. The quantitative estimate of drug-likeness (QED) is 0.877. The fourth-order valence-corrected chi connectivity index (χ4v) is 3.43. The van der Waals surface area contributed by atoms with E-state index in [9.17, 15) is 8.60 Å². The third-order valence-electron chi connectivity index (χ3n) is 2.51. The molecule has 18 heavy (non-hydrogen) atoms. The van der Waals surface area contributed by atoms with E-state index in [2.05, 4.69) is 15.9 Å². The molecular weight excluding hydrogens is 317 g/mol. The van der Waals surface area contributed by atoms with E-state index in [1.807, 2.05) is 12.1 Å². The highest BCUT2D eigenvalue weighted by Gasteiger charge is 2.10. The van der Waals surface area contributed by atoms with Gasteiger partial charge >= 0.3 is 0 Å². The average Bonchev–Trinajstić information content (AvgIpc) is 2.34. The maximum absolute atomic E-state index is 12.8. The topological polar surface area (TPSA) is 43.1 Å². The summed E-state index contributed by atoms with van der Waals surface area (Å²) in [6, 6.07) is 11.1.